The van der Waals surface area contributed by atoms with Gasteiger partial charge in [-0.2, -0.15) is 0 Å². The number of carbonyl (C=O) groups excluding carboxylic acids is 1. The quantitative estimate of drug-likeness (QED) is 0.202. The van der Waals surface area contributed by atoms with Crippen LogP contribution in [0.4, 0.5) is 0 Å². The number of hydrogen-bond acceptors (Lipinski definition) is 7. The van der Waals surface area contributed by atoms with Crippen LogP contribution >= 0.6 is 0 Å². The highest BCUT2D eigenvalue weighted by molar-refractivity contribution is 5.72. The SMILES string of the molecule is CCCOCCOCCOCCOCCC(=O)Oc1ccc2c(c1)[C@@]13CCCC[C@H]1[C@@H](C2)N(C)CC3. The molecule has 2 aliphatic carbocycles. The first-order valence-corrected chi connectivity index (χ1v) is 14.0. The summed E-state index contributed by atoms with van der Waals surface area (Å²) in [6.45, 7) is 7.56. The van der Waals surface area contributed by atoms with Crippen LogP contribution in [0, 0.1) is 5.92 Å². The zero-order valence-electron chi connectivity index (χ0n) is 22.3. The summed E-state index contributed by atoms with van der Waals surface area (Å²) in [7, 11) is 2.29. The summed E-state index contributed by atoms with van der Waals surface area (Å²) in [6.07, 6.45) is 8.81. The number of esters is 1. The topological polar surface area (TPSA) is 66.5 Å². The van der Waals surface area contributed by atoms with Gasteiger partial charge in [0.25, 0.3) is 0 Å². The van der Waals surface area contributed by atoms with Gasteiger partial charge in [-0.15, -0.1) is 0 Å². The van der Waals surface area contributed by atoms with Crippen LogP contribution in [0.25, 0.3) is 0 Å². The molecule has 0 amide bonds. The minimum atomic E-state index is -0.246. The Hall–Kier alpha value is -1.51. The number of likely N-dealkylation sites (N-methyl/N-ethyl adjacent to an activating group) is 1. The molecule has 4 rings (SSSR count). The van der Waals surface area contributed by atoms with Gasteiger partial charge in [-0.05, 0) is 74.9 Å². The minimum absolute atomic E-state index is 0.235. The smallest absolute Gasteiger partial charge is 0.313 e. The van der Waals surface area contributed by atoms with E-state index < -0.39 is 0 Å². The fourth-order valence-electron chi connectivity index (χ4n) is 6.48. The van der Waals surface area contributed by atoms with Crippen LogP contribution < -0.4 is 4.74 Å². The third-order valence-corrected chi connectivity index (χ3v) is 8.23. The Bertz CT molecular complexity index is 832. The lowest BCUT2D eigenvalue weighted by molar-refractivity contribution is -0.135. The molecule has 0 radical (unpaired) electrons. The van der Waals surface area contributed by atoms with E-state index in [2.05, 4.69) is 31.0 Å². The molecule has 3 atom stereocenters. The number of nitrogens with zero attached hydrogens (tertiary/aromatic N) is 1. The van der Waals surface area contributed by atoms with Gasteiger partial charge in [-0.25, -0.2) is 0 Å². The van der Waals surface area contributed by atoms with Crippen molar-refractivity contribution in [1.82, 2.24) is 4.90 Å². The van der Waals surface area contributed by atoms with Gasteiger partial charge in [0.2, 0.25) is 0 Å². The molecular formula is C29H45NO6. The van der Waals surface area contributed by atoms with Gasteiger partial charge in [-0.3, -0.25) is 4.79 Å². The van der Waals surface area contributed by atoms with Crippen LogP contribution in [0.5, 0.6) is 5.75 Å². The van der Waals surface area contributed by atoms with Crippen LogP contribution in [-0.4, -0.2) is 83.4 Å². The Labute approximate surface area is 216 Å². The monoisotopic (exact) mass is 503 g/mol. The zero-order chi connectivity index (χ0) is 25.2. The molecule has 202 valence electrons. The number of hydrogen-bond donors (Lipinski definition) is 0. The molecule has 0 unspecified atom stereocenters. The second-order valence-electron chi connectivity index (χ2n) is 10.5. The van der Waals surface area contributed by atoms with Crippen molar-refractivity contribution in [1.29, 1.82) is 0 Å². The van der Waals surface area contributed by atoms with Crippen LogP contribution in [0.2, 0.25) is 0 Å². The lowest BCUT2D eigenvalue weighted by Crippen LogP contribution is -2.59. The van der Waals surface area contributed by atoms with Crippen LogP contribution in [0.3, 0.4) is 0 Å². The lowest BCUT2D eigenvalue weighted by Gasteiger charge is -2.58. The summed E-state index contributed by atoms with van der Waals surface area (Å²) >= 11 is 0. The first-order chi connectivity index (χ1) is 17.6. The van der Waals surface area contributed by atoms with Crippen molar-refractivity contribution in [2.75, 3.05) is 66.4 Å². The normalized spacial score (nSPS) is 25.3. The molecule has 0 spiro atoms. The predicted molar refractivity (Wildman–Crippen MR) is 139 cm³/mol. The molecule has 0 aromatic heterocycles. The van der Waals surface area contributed by atoms with E-state index in [-0.39, 0.29) is 17.8 Å². The summed E-state index contributed by atoms with van der Waals surface area (Å²) < 4.78 is 27.6. The van der Waals surface area contributed by atoms with E-state index in [1.807, 2.05) is 6.07 Å². The number of carbonyl (C=O) groups is 1. The van der Waals surface area contributed by atoms with E-state index in [9.17, 15) is 4.79 Å². The molecular weight excluding hydrogens is 458 g/mol. The van der Waals surface area contributed by atoms with Gasteiger partial charge < -0.3 is 28.6 Å². The maximum Gasteiger partial charge on any atom is 0.313 e. The van der Waals surface area contributed by atoms with Crippen molar-refractivity contribution in [3.8, 4) is 5.75 Å². The third-order valence-electron chi connectivity index (χ3n) is 8.23. The van der Waals surface area contributed by atoms with E-state index in [1.54, 1.807) is 0 Å². The van der Waals surface area contributed by atoms with Crippen molar-refractivity contribution in [3.63, 3.8) is 0 Å². The Morgan fingerprint density at radius 1 is 0.944 bits per heavy atom. The predicted octanol–water partition coefficient (Wildman–Crippen LogP) is 4.15. The van der Waals surface area contributed by atoms with Crippen LogP contribution in [0.15, 0.2) is 18.2 Å². The summed E-state index contributed by atoms with van der Waals surface area (Å²) in [5.74, 6) is 1.16. The molecule has 1 saturated heterocycles. The van der Waals surface area contributed by atoms with Gasteiger partial charge in [0.1, 0.15) is 5.75 Å². The number of rotatable bonds is 15. The summed E-state index contributed by atoms with van der Waals surface area (Å²) in [5.41, 5.74) is 3.17. The second kappa shape index (κ2) is 13.9. The number of piperidine rings is 1. The van der Waals surface area contributed by atoms with Crippen molar-refractivity contribution in [2.45, 2.75) is 69.7 Å². The van der Waals surface area contributed by atoms with Crippen LogP contribution in [0.1, 0.15) is 63.0 Å². The number of fused-ring (bicyclic) bond motifs is 1. The van der Waals surface area contributed by atoms with Gasteiger partial charge in [-0.1, -0.05) is 25.8 Å². The lowest BCUT2D eigenvalue weighted by atomic mass is 9.52. The molecule has 1 aromatic rings. The molecule has 2 bridgehead atoms. The van der Waals surface area contributed by atoms with Crippen molar-refractivity contribution in [2.24, 2.45) is 5.92 Å². The molecule has 0 N–H and O–H groups in total. The van der Waals surface area contributed by atoms with Gasteiger partial charge in [0.05, 0.1) is 52.7 Å². The fourth-order valence-corrected chi connectivity index (χ4v) is 6.48. The Morgan fingerprint density at radius 2 is 1.64 bits per heavy atom. The van der Waals surface area contributed by atoms with Gasteiger partial charge in [0, 0.05) is 18.1 Å². The van der Waals surface area contributed by atoms with E-state index in [0.29, 0.717) is 58.0 Å². The first-order valence-electron chi connectivity index (χ1n) is 14.0. The fraction of sp³-hybridized carbons (Fsp3) is 0.759. The van der Waals surface area contributed by atoms with Crippen molar-refractivity contribution in [3.05, 3.63) is 29.3 Å². The second-order valence-corrected chi connectivity index (χ2v) is 10.5. The minimum Gasteiger partial charge on any atom is -0.426 e. The molecule has 7 heteroatoms. The highest BCUT2D eigenvalue weighted by Gasteiger charge is 2.53. The number of likely N-dealkylation sites (tertiary alicyclic amines) is 1. The van der Waals surface area contributed by atoms with Gasteiger partial charge >= 0.3 is 5.97 Å². The maximum absolute atomic E-state index is 12.5. The molecule has 1 heterocycles. The molecule has 2 fully saturated rings. The summed E-state index contributed by atoms with van der Waals surface area (Å²) in [6, 6.07) is 7.00. The van der Waals surface area contributed by atoms with Gasteiger partial charge in [0.15, 0.2) is 0 Å². The Morgan fingerprint density at radius 3 is 2.36 bits per heavy atom. The highest BCUT2D eigenvalue weighted by Crippen LogP contribution is 2.55. The van der Waals surface area contributed by atoms with E-state index in [4.69, 9.17) is 23.7 Å². The molecule has 1 aromatic carbocycles. The number of benzene rings is 1. The zero-order valence-corrected chi connectivity index (χ0v) is 22.3. The third kappa shape index (κ3) is 6.87. The average Bonchev–Trinajstić information content (AvgIpc) is 2.89. The summed E-state index contributed by atoms with van der Waals surface area (Å²) in [4.78, 5) is 15.0. The highest BCUT2D eigenvalue weighted by atomic mass is 16.6. The van der Waals surface area contributed by atoms with E-state index in [0.717, 1.165) is 31.9 Å². The van der Waals surface area contributed by atoms with E-state index in [1.165, 1.54) is 43.2 Å². The largest absolute Gasteiger partial charge is 0.426 e. The van der Waals surface area contributed by atoms with Crippen LogP contribution in [-0.2, 0) is 35.6 Å². The molecule has 1 aliphatic heterocycles. The standard InChI is InChI=1S/C29H45NO6/c1-3-13-32-15-17-34-19-20-35-18-16-33-14-9-28(31)36-24-8-7-23-21-27-25-6-4-5-10-29(25,26(23)22-24)11-12-30(27)2/h7-8,22,25,27H,3-6,9-21H2,1-2H3/t25-,27+,29+/m0/s1. The molecule has 36 heavy (non-hydrogen) atoms. The molecule has 7 nitrogen and oxygen atoms in total. The van der Waals surface area contributed by atoms with Crippen molar-refractivity contribution >= 4 is 5.97 Å². The Balaban J connectivity index is 1.14. The Kier molecular flexibility index (Phi) is 10.6. The molecule has 3 aliphatic rings. The van der Waals surface area contributed by atoms with E-state index >= 15 is 0 Å². The van der Waals surface area contributed by atoms with Crippen molar-refractivity contribution < 1.29 is 28.5 Å². The first kappa shape index (κ1) is 27.5. The maximum atomic E-state index is 12.5. The average molecular weight is 504 g/mol. The number of ether oxygens (including phenoxy) is 5. The summed E-state index contributed by atoms with van der Waals surface area (Å²) in [5, 5.41) is 0. The molecule has 1 saturated carbocycles.